The van der Waals surface area contributed by atoms with Gasteiger partial charge in [0.05, 0.1) is 4.92 Å². The van der Waals surface area contributed by atoms with E-state index in [1.807, 2.05) is 12.1 Å². The van der Waals surface area contributed by atoms with Crippen LogP contribution in [0.15, 0.2) is 48.5 Å². The molecule has 23 heavy (non-hydrogen) atoms. The van der Waals surface area contributed by atoms with Crippen LogP contribution in [0, 0.1) is 10.1 Å². The number of nitro benzene ring substituents is 1. The molecular formula is C18H20N2O3. The molecule has 120 valence electrons. The zero-order valence-corrected chi connectivity index (χ0v) is 13.3. The number of Topliss-reactive ketones (excluding diaryl/α,β-unsaturated/α-hetero) is 1. The third-order valence-corrected chi connectivity index (χ3v) is 3.64. The van der Waals surface area contributed by atoms with Gasteiger partial charge in [0.1, 0.15) is 0 Å². The minimum absolute atomic E-state index is 0.0620. The summed E-state index contributed by atoms with van der Waals surface area (Å²) in [5, 5.41) is 13.9. The van der Waals surface area contributed by atoms with Gasteiger partial charge in [0.25, 0.3) is 5.69 Å². The Kier molecular flexibility index (Phi) is 5.46. The fourth-order valence-electron chi connectivity index (χ4n) is 2.24. The lowest BCUT2D eigenvalue weighted by Crippen LogP contribution is -2.09. The Labute approximate surface area is 135 Å². The van der Waals surface area contributed by atoms with E-state index in [4.69, 9.17) is 0 Å². The van der Waals surface area contributed by atoms with Gasteiger partial charge < -0.3 is 5.32 Å². The summed E-state index contributed by atoms with van der Waals surface area (Å²) in [6, 6.07) is 14.0. The minimum Gasteiger partial charge on any atom is -0.385 e. The summed E-state index contributed by atoms with van der Waals surface area (Å²) in [6.45, 7) is 4.77. The van der Waals surface area contributed by atoms with E-state index in [0.717, 1.165) is 5.69 Å². The van der Waals surface area contributed by atoms with Crippen molar-refractivity contribution in [3.8, 4) is 0 Å². The first-order chi connectivity index (χ1) is 11.0. The smallest absolute Gasteiger partial charge is 0.270 e. The molecule has 0 saturated heterocycles. The van der Waals surface area contributed by atoms with Gasteiger partial charge in [-0.1, -0.05) is 38.1 Å². The van der Waals surface area contributed by atoms with E-state index in [0.29, 0.717) is 18.0 Å². The van der Waals surface area contributed by atoms with E-state index in [1.54, 1.807) is 6.07 Å². The van der Waals surface area contributed by atoms with Crippen LogP contribution < -0.4 is 5.32 Å². The molecule has 0 atom stereocenters. The third kappa shape index (κ3) is 4.64. The van der Waals surface area contributed by atoms with Crippen LogP contribution in [-0.2, 0) is 0 Å². The molecule has 0 aliphatic carbocycles. The van der Waals surface area contributed by atoms with E-state index in [2.05, 4.69) is 31.3 Å². The number of nitrogens with one attached hydrogen (secondary N) is 1. The lowest BCUT2D eigenvalue weighted by molar-refractivity contribution is -0.384. The fraction of sp³-hybridized carbons (Fsp3) is 0.278. The van der Waals surface area contributed by atoms with Crippen molar-refractivity contribution in [2.75, 3.05) is 11.9 Å². The second kappa shape index (κ2) is 7.54. The quantitative estimate of drug-likeness (QED) is 0.467. The summed E-state index contributed by atoms with van der Waals surface area (Å²) in [6.07, 6.45) is 0.285. The lowest BCUT2D eigenvalue weighted by Gasteiger charge is -2.09. The molecule has 0 aliphatic heterocycles. The lowest BCUT2D eigenvalue weighted by atomic mass is 10.0. The predicted molar refractivity (Wildman–Crippen MR) is 91.1 cm³/mol. The maximum absolute atomic E-state index is 12.1. The summed E-state index contributed by atoms with van der Waals surface area (Å²) in [4.78, 5) is 22.3. The Balaban J connectivity index is 1.89. The molecule has 2 rings (SSSR count). The van der Waals surface area contributed by atoms with Crippen molar-refractivity contribution in [3.05, 3.63) is 69.8 Å². The number of benzene rings is 2. The molecule has 5 nitrogen and oxygen atoms in total. The number of nitrogens with zero attached hydrogens (tertiary/aromatic N) is 1. The van der Waals surface area contributed by atoms with Gasteiger partial charge in [0.2, 0.25) is 0 Å². The molecular weight excluding hydrogens is 292 g/mol. The van der Waals surface area contributed by atoms with E-state index in [1.165, 1.54) is 23.8 Å². The van der Waals surface area contributed by atoms with Crippen LogP contribution in [0.4, 0.5) is 11.4 Å². The number of nitro groups is 1. The van der Waals surface area contributed by atoms with Crippen molar-refractivity contribution < 1.29 is 9.72 Å². The first kappa shape index (κ1) is 16.7. The summed E-state index contributed by atoms with van der Waals surface area (Å²) in [5.41, 5.74) is 2.54. The average Bonchev–Trinajstić information content (AvgIpc) is 2.55. The Bertz CT molecular complexity index is 694. The SMILES string of the molecule is CC(C)c1ccc(NCCC(=O)c2cccc([N+](=O)[O-])c2)cc1. The number of carbonyl (C=O) groups excluding carboxylic acids is 1. The van der Waals surface area contributed by atoms with E-state index in [9.17, 15) is 14.9 Å². The van der Waals surface area contributed by atoms with E-state index in [-0.39, 0.29) is 17.9 Å². The van der Waals surface area contributed by atoms with Crippen molar-refractivity contribution in [2.24, 2.45) is 0 Å². The standard InChI is InChI=1S/C18H20N2O3/c1-13(2)14-6-8-16(9-7-14)19-11-10-18(21)15-4-3-5-17(12-15)20(22)23/h3-9,12-13,19H,10-11H2,1-2H3. The highest BCUT2D eigenvalue weighted by molar-refractivity contribution is 5.96. The van der Waals surface area contributed by atoms with E-state index < -0.39 is 4.92 Å². The van der Waals surface area contributed by atoms with Gasteiger partial charge in [-0.3, -0.25) is 14.9 Å². The van der Waals surface area contributed by atoms with Crippen molar-refractivity contribution in [1.29, 1.82) is 0 Å². The minimum atomic E-state index is -0.495. The van der Waals surface area contributed by atoms with Crippen LogP contribution in [0.1, 0.15) is 42.1 Å². The summed E-state index contributed by atoms with van der Waals surface area (Å²) >= 11 is 0. The molecule has 0 fully saturated rings. The van der Waals surface area contributed by atoms with Gasteiger partial charge in [-0.15, -0.1) is 0 Å². The number of rotatable bonds is 7. The number of non-ortho nitro benzene ring substituents is 1. The molecule has 5 heteroatoms. The van der Waals surface area contributed by atoms with E-state index >= 15 is 0 Å². The molecule has 0 amide bonds. The van der Waals surface area contributed by atoms with Crippen molar-refractivity contribution in [2.45, 2.75) is 26.2 Å². The Morgan fingerprint density at radius 2 is 1.87 bits per heavy atom. The monoisotopic (exact) mass is 312 g/mol. The van der Waals surface area contributed by atoms with Crippen LogP contribution in [0.3, 0.4) is 0 Å². The molecule has 2 aromatic carbocycles. The molecule has 0 heterocycles. The Hall–Kier alpha value is -2.69. The summed E-state index contributed by atoms with van der Waals surface area (Å²) < 4.78 is 0. The Morgan fingerprint density at radius 1 is 1.17 bits per heavy atom. The summed E-state index contributed by atoms with van der Waals surface area (Å²) in [7, 11) is 0. The third-order valence-electron chi connectivity index (χ3n) is 3.64. The highest BCUT2D eigenvalue weighted by Crippen LogP contribution is 2.18. The molecule has 0 radical (unpaired) electrons. The van der Waals surface area contributed by atoms with Crippen LogP contribution in [0.25, 0.3) is 0 Å². The molecule has 2 aromatic rings. The molecule has 0 unspecified atom stereocenters. The maximum Gasteiger partial charge on any atom is 0.270 e. The number of anilines is 1. The van der Waals surface area contributed by atoms with Crippen LogP contribution >= 0.6 is 0 Å². The molecule has 0 aromatic heterocycles. The van der Waals surface area contributed by atoms with Crippen LogP contribution in [0.2, 0.25) is 0 Å². The van der Waals surface area contributed by atoms with Gasteiger partial charge in [-0.05, 0) is 23.6 Å². The Morgan fingerprint density at radius 3 is 2.48 bits per heavy atom. The largest absolute Gasteiger partial charge is 0.385 e. The number of ketones is 1. The number of carbonyl (C=O) groups is 1. The topological polar surface area (TPSA) is 72.2 Å². The summed E-state index contributed by atoms with van der Waals surface area (Å²) in [5.74, 6) is 0.375. The predicted octanol–water partition coefficient (Wildman–Crippen LogP) is 4.40. The average molecular weight is 312 g/mol. The molecule has 1 N–H and O–H groups in total. The van der Waals surface area contributed by atoms with Crippen molar-refractivity contribution in [3.63, 3.8) is 0 Å². The second-order valence-electron chi connectivity index (χ2n) is 5.68. The highest BCUT2D eigenvalue weighted by atomic mass is 16.6. The number of hydrogen-bond acceptors (Lipinski definition) is 4. The van der Waals surface area contributed by atoms with Crippen LogP contribution in [0.5, 0.6) is 0 Å². The second-order valence-corrected chi connectivity index (χ2v) is 5.68. The molecule has 0 aliphatic rings. The first-order valence-electron chi connectivity index (χ1n) is 7.59. The molecule has 0 bridgehead atoms. The zero-order chi connectivity index (χ0) is 16.8. The van der Waals surface area contributed by atoms with Gasteiger partial charge in [-0.25, -0.2) is 0 Å². The highest BCUT2D eigenvalue weighted by Gasteiger charge is 2.11. The fourth-order valence-corrected chi connectivity index (χ4v) is 2.24. The van der Waals surface area contributed by atoms with Crippen molar-refractivity contribution >= 4 is 17.2 Å². The van der Waals surface area contributed by atoms with Gasteiger partial charge in [0.15, 0.2) is 5.78 Å². The maximum atomic E-state index is 12.1. The van der Waals surface area contributed by atoms with Gasteiger partial charge in [-0.2, -0.15) is 0 Å². The van der Waals surface area contributed by atoms with Gasteiger partial charge >= 0.3 is 0 Å². The number of hydrogen-bond donors (Lipinski definition) is 1. The first-order valence-corrected chi connectivity index (χ1v) is 7.59. The molecule has 0 spiro atoms. The molecule has 0 saturated carbocycles. The van der Waals surface area contributed by atoms with Crippen LogP contribution in [-0.4, -0.2) is 17.3 Å². The zero-order valence-electron chi connectivity index (χ0n) is 13.3. The normalized spacial score (nSPS) is 10.6. The van der Waals surface area contributed by atoms with Gasteiger partial charge in [0, 0.05) is 36.3 Å². The van der Waals surface area contributed by atoms with Crippen molar-refractivity contribution in [1.82, 2.24) is 0 Å².